The molecule has 0 aromatic carbocycles. The van der Waals surface area contributed by atoms with E-state index in [4.69, 9.17) is 5.11 Å². The average Bonchev–Trinajstić information content (AvgIpc) is 2.07. The van der Waals surface area contributed by atoms with E-state index in [1.807, 2.05) is 6.92 Å². The molecular weight excluding hydrogens is 154 g/mol. The van der Waals surface area contributed by atoms with E-state index in [0.29, 0.717) is 6.42 Å². The first kappa shape index (κ1) is 11.2. The van der Waals surface area contributed by atoms with Gasteiger partial charge in [0.05, 0.1) is 0 Å². The molecule has 1 unspecified atom stereocenters. The molecule has 0 saturated heterocycles. The number of hydrogen-bond acceptors (Lipinski definition) is 2. The van der Waals surface area contributed by atoms with Crippen LogP contribution >= 0.6 is 0 Å². The molecule has 12 heavy (non-hydrogen) atoms. The lowest BCUT2D eigenvalue weighted by molar-refractivity contribution is -0.142. The fourth-order valence-electron chi connectivity index (χ4n) is 1.09. The third kappa shape index (κ3) is 2.34. The predicted octanol–water partition coefficient (Wildman–Crippen LogP) is 1.41. The van der Waals surface area contributed by atoms with Crippen LogP contribution in [-0.4, -0.2) is 23.7 Å². The fraction of sp³-hybridized carbons (Fsp3) is 0.667. The molecule has 0 bridgehead atoms. The van der Waals surface area contributed by atoms with Gasteiger partial charge in [0, 0.05) is 0 Å². The highest BCUT2D eigenvalue weighted by atomic mass is 16.4. The van der Waals surface area contributed by atoms with Crippen LogP contribution in [0, 0.1) is 0 Å². The SMILES string of the molecule is C=CC(CCCC)(NC)C(=O)O. The molecule has 0 aliphatic rings. The molecular formula is C9H17NO2. The monoisotopic (exact) mass is 171 g/mol. The summed E-state index contributed by atoms with van der Waals surface area (Å²) in [7, 11) is 1.64. The van der Waals surface area contributed by atoms with E-state index in [0.717, 1.165) is 12.8 Å². The Kier molecular flexibility index (Phi) is 4.59. The van der Waals surface area contributed by atoms with Crippen LogP contribution in [0.15, 0.2) is 12.7 Å². The number of aliphatic carboxylic acids is 1. The number of likely N-dealkylation sites (N-methyl/N-ethyl adjacent to an activating group) is 1. The summed E-state index contributed by atoms with van der Waals surface area (Å²) in [6.07, 6.45) is 3.94. The van der Waals surface area contributed by atoms with Crippen molar-refractivity contribution in [3.8, 4) is 0 Å². The number of carboxylic acids is 1. The van der Waals surface area contributed by atoms with Crippen molar-refractivity contribution in [2.75, 3.05) is 7.05 Å². The van der Waals surface area contributed by atoms with Crippen molar-refractivity contribution in [3.63, 3.8) is 0 Å². The molecule has 0 aliphatic heterocycles. The summed E-state index contributed by atoms with van der Waals surface area (Å²) in [5.41, 5.74) is -0.935. The van der Waals surface area contributed by atoms with Crippen LogP contribution in [0.25, 0.3) is 0 Å². The lowest BCUT2D eigenvalue weighted by atomic mass is 9.93. The van der Waals surface area contributed by atoms with Crippen molar-refractivity contribution in [1.82, 2.24) is 5.32 Å². The molecule has 0 radical (unpaired) electrons. The molecule has 0 heterocycles. The van der Waals surface area contributed by atoms with E-state index in [9.17, 15) is 4.79 Å². The van der Waals surface area contributed by atoms with Gasteiger partial charge in [0.1, 0.15) is 5.54 Å². The summed E-state index contributed by atoms with van der Waals surface area (Å²) >= 11 is 0. The van der Waals surface area contributed by atoms with Crippen molar-refractivity contribution >= 4 is 5.97 Å². The highest BCUT2D eigenvalue weighted by Gasteiger charge is 2.32. The lowest BCUT2D eigenvalue weighted by Gasteiger charge is -2.24. The van der Waals surface area contributed by atoms with Gasteiger partial charge in [-0.25, -0.2) is 4.79 Å². The summed E-state index contributed by atoms with van der Waals surface area (Å²) in [5.74, 6) is -0.853. The van der Waals surface area contributed by atoms with Gasteiger partial charge in [-0.1, -0.05) is 25.8 Å². The molecule has 2 N–H and O–H groups in total. The number of hydrogen-bond donors (Lipinski definition) is 2. The Hall–Kier alpha value is -0.830. The third-order valence-corrected chi connectivity index (χ3v) is 2.10. The van der Waals surface area contributed by atoms with Gasteiger partial charge in [-0.3, -0.25) is 0 Å². The molecule has 70 valence electrons. The normalized spacial score (nSPS) is 15.2. The van der Waals surface area contributed by atoms with E-state index in [1.165, 1.54) is 6.08 Å². The number of nitrogens with one attached hydrogen (secondary N) is 1. The topological polar surface area (TPSA) is 49.3 Å². The van der Waals surface area contributed by atoms with Crippen molar-refractivity contribution in [3.05, 3.63) is 12.7 Å². The molecule has 0 spiro atoms. The Morgan fingerprint density at radius 1 is 1.75 bits per heavy atom. The number of rotatable bonds is 6. The van der Waals surface area contributed by atoms with Crippen molar-refractivity contribution in [2.45, 2.75) is 31.7 Å². The molecule has 3 nitrogen and oxygen atoms in total. The van der Waals surface area contributed by atoms with E-state index in [-0.39, 0.29) is 0 Å². The molecule has 0 saturated carbocycles. The minimum atomic E-state index is -0.935. The maximum absolute atomic E-state index is 10.9. The van der Waals surface area contributed by atoms with Crippen LogP contribution < -0.4 is 5.32 Å². The number of carboxylic acid groups (broad SMARTS) is 1. The molecule has 0 aromatic rings. The zero-order chi connectivity index (χ0) is 9.61. The van der Waals surface area contributed by atoms with Crippen LogP contribution in [0.1, 0.15) is 26.2 Å². The fourth-order valence-corrected chi connectivity index (χ4v) is 1.09. The number of unbranched alkanes of at least 4 members (excludes halogenated alkanes) is 1. The van der Waals surface area contributed by atoms with E-state index >= 15 is 0 Å². The predicted molar refractivity (Wildman–Crippen MR) is 49.1 cm³/mol. The van der Waals surface area contributed by atoms with Crippen LogP contribution in [0.5, 0.6) is 0 Å². The molecule has 0 fully saturated rings. The summed E-state index contributed by atoms with van der Waals surface area (Å²) < 4.78 is 0. The largest absolute Gasteiger partial charge is 0.480 e. The first-order chi connectivity index (χ1) is 5.63. The highest BCUT2D eigenvalue weighted by Crippen LogP contribution is 2.15. The lowest BCUT2D eigenvalue weighted by Crippen LogP contribution is -2.48. The van der Waals surface area contributed by atoms with Crippen LogP contribution in [0.3, 0.4) is 0 Å². The summed E-state index contributed by atoms with van der Waals surface area (Å²) in [6.45, 7) is 5.57. The molecule has 0 aromatic heterocycles. The van der Waals surface area contributed by atoms with E-state index < -0.39 is 11.5 Å². The molecule has 3 heteroatoms. The Bertz CT molecular complexity index is 168. The average molecular weight is 171 g/mol. The van der Waals surface area contributed by atoms with E-state index in [2.05, 4.69) is 11.9 Å². The van der Waals surface area contributed by atoms with Gasteiger partial charge in [-0.2, -0.15) is 0 Å². The minimum absolute atomic E-state index is 0.596. The highest BCUT2D eigenvalue weighted by molar-refractivity contribution is 5.81. The quantitative estimate of drug-likeness (QED) is 0.594. The van der Waals surface area contributed by atoms with Gasteiger partial charge in [0.25, 0.3) is 0 Å². The van der Waals surface area contributed by atoms with Gasteiger partial charge in [0.15, 0.2) is 0 Å². The third-order valence-electron chi connectivity index (χ3n) is 2.10. The maximum Gasteiger partial charge on any atom is 0.327 e. The van der Waals surface area contributed by atoms with Gasteiger partial charge in [-0.05, 0) is 13.5 Å². The van der Waals surface area contributed by atoms with Crippen molar-refractivity contribution in [2.24, 2.45) is 0 Å². The smallest absolute Gasteiger partial charge is 0.327 e. The minimum Gasteiger partial charge on any atom is -0.480 e. The van der Waals surface area contributed by atoms with Gasteiger partial charge in [0.2, 0.25) is 0 Å². The van der Waals surface area contributed by atoms with Crippen LogP contribution in [-0.2, 0) is 4.79 Å². The van der Waals surface area contributed by atoms with E-state index in [1.54, 1.807) is 7.05 Å². The Labute approximate surface area is 73.5 Å². The Balaban J connectivity index is 4.35. The maximum atomic E-state index is 10.9. The molecule has 0 aliphatic carbocycles. The standard InChI is InChI=1S/C9H17NO2/c1-4-6-7-9(5-2,10-3)8(11)12/h5,10H,2,4,6-7H2,1,3H3,(H,11,12). The van der Waals surface area contributed by atoms with Gasteiger partial charge >= 0.3 is 5.97 Å². The number of carbonyl (C=O) groups is 1. The van der Waals surface area contributed by atoms with Gasteiger partial charge in [-0.15, -0.1) is 6.58 Å². The second kappa shape index (κ2) is 4.93. The second-order valence-corrected chi connectivity index (χ2v) is 2.83. The molecule has 0 amide bonds. The summed E-state index contributed by atoms with van der Waals surface area (Å²) in [6, 6.07) is 0. The first-order valence-electron chi connectivity index (χ1n) is 4.19. The Morgan fingerprint density at radius 3 is 2.58 bits per heavy atom. The van der Waals surface area contributed by atoms with Crippen molar-refractivity contribution in [1.29, 1.82) is 0 Å². The van der Waals surface area contributed by atoms with Gasteiger partial charge < -0.3 is 10.4 Å². The Morgan fingerprint density at radius 2 is 2.33 bits per heavy atom. The zero-order valence-electron chi connectivity index (χ0n) is 7.76. The summed E-state index contributed by atoms with van der Waals surface area (Å²) in [5, 5.41) is 11.7. The van der Waals surface area contributed by atoms with Crippen LogP contribution in [0.2, 0.25) is 0 Å². The molecule has 1 atom stereocenters. The zero-order valence-corrected chi connectivity index (χ0v) is 7.76. The second-order valence-electron chi connectivity index (χ2n) is 2.83. The van der Waals surface area contributed by atoms with Crippen LogP contribution in [0.4, 0.5) is 0 Å². The molecule has 0 rings (SSSR count). The van der Waals surface area contributed by atoms with Crippen molar-refractivity contribution < 1.29 is 9.90 Å². The summed E-state index contributed by atoms with van der Waals surface area (Å²) in [4.78, 5) is 10.9. The first-order valence-corrected chi connectivity index (χ1v) is 4.19.